The molecule has 1 aromatic rings. The van der Waals surface area contributed by atoms with Crippen LogP contribution in [0.3, 0.4) is 0 Å². The molecule has 0 aromatic heterocycles. The average molecular weight is 251 g/mol. The molecule has 2 nitrogen and oxygen atoms in total. The first kappa shape index (κ1) is 12.9. The molecule has 0 amide bonds. The molecule has 0 bridgehead atoms. The van der Waals surface area contributed by atoms with Gasteiger partial charge in [-0.15, -0.1) is 11.8 Å². The Bertz CT molecular complexity index is 398. The fourth-order valence-electron chi connectivity index (χ4n) is 1.15. The van der Waals surface area contributed by atoms with Gasteiger partial charge >= 0.3 is 0 Å². The van der Waals surface area contributed by atoms with Crippen LogP contribution in [0.25, 0.3) is 6.08 Å². The van der Waals surface area contributed by atoms with Crippen molar-refractivity contribution in [2.24, 2.45) is 0 Å². The van der Waals surface area contributed by atoms with E-state index in [4.69, 9.17) is 12.2 Å². The summed E-state index contributed by atoms with van der Waals surface area (Å²) >= 11 is 6.46. The smallest absolute Gasteiger partial charge is 0.166 e. The molecule has 0 aliphatic carbocycles. The summed E-state index contributed by atoms with van der Waals surface area (Å²) in [6.07, 6.45) is 4.63. The Balaban J connectivity index is 2.95. The number of allylic oxidation sites excluding steroid dienone is 1. The Morgan fingerprint density at radius 1 is 1.38 bits per heavy atom. The first-order valence-corrected chi connectivity index (χ1v) is 6.40. The number of carbonyl (C=O) groups is 1. The lowest BCUT2D eigenvalue weighted by molar-refractivity contribution is -0.105. The number of benzene rings is 1. The van der Waals surface area contributed by atoms with Crippen LogP contribution in [0, 0.1) is 0 Å². The van der Waals surface area contributed by atoms with E-state index in [1.807, 2.05) is 30.5 Å². The molecular formula is C12H13NOS2. The van der Waals surface area contributed by atoms with Crippen molar-refractivity contribution >= 4 is 41.8 Å². The molecule has 0 heterocycles. The van der Waals surface area contributed by atoms with Gasteiger partial charge < -0.3 is 4.90 Å². The molecule has 0 saturated heterocycles. The highest BCUT2D eigenvalue weighted by molar-refractivity contribution is 7.98. The van der Waals surface area contributed by atoms with Crippen LogP contribution in [0.2, 0.25) is 0 Å². The Labute approximate surface area is 105 Å². The molecule has 4 heteroatoms. The van der Waals surface area contributed by atoms with Crippen molar-refractivity contribution in [2.75, 3.05) is 13.3 Å². The summed E-state index contributed by atoms with van der Waals surface area (Å²) in [6.45, 7) is 0. The Morgan fingerprint density at radius 3 is 2.44 bits per heavy atom. The highest BCUT2D eigenvalue weighted by Gasteiger charge is 2.00. The molecule has 0 N–H and O–H groups in total. The van der Waals surface area contributed by atoms with Gasteiger partial charge in [-0.05, 0) is 30.0 Å². The van der Waals surface area contributed by atoms with Crippen molar-refractivity contribution in [2.45, 2.75) is 4.90 Å². The summed E-state index contributed by atoms with van der Waals surface area (Å²) in [6, 6.07) is 8.01. The van der Waals surface area contributed by atoms with E-state index < -0.39 is 0 Å². The van der Waals surface area contributed by atoms with E-state index in [-0.39, 0.29) is 0 Å². The van der Waals surface area contributed by atoms with Crippen LogP contribution in [-0.4, -0.2) is 30.0 Å². The van der Waals surface area contributed by atoms with Crippen LogP contribution >= 0.6 is 24.0 Å². The van der Waals surface area contributed by atoms with E-state index >= 15 is 0 Å². The van der Waals surface area contributed by atoms with E-state index in [0.29, 0.717) is 5.70 Å². The van der Waals surface area contributed by atoms with Crippen molar-refractivity contribution in [3.8, 4) is 0 Å². The predicted molar refractivity (Wildman–Crippen MR) is 73.7 cm³/mol. The molecule has 0 spiro atoms. The molecule has 16 heavy (non-hydrogen) atoms. The molecule has 0 aliphatic heterocycles. The van der Waals surface area contributed by atoms with Gasteiger partial charge in [0, 0.05) is 11.9 Å². The molecule has 1 rings (SSSR count). The first-order valence-electron chi connectivity index (χ1n) is 4.70. The largest absolute Gasteiger partial charge is 0.339 e. The second-order valence-corrected chi connectivity index (χ2v) is 4.27. The summed E-state index contributed by atoms with van der Waals surface area (Å²) < 4.78 is 0. The number of carbonyl (C=O) groups excluding carboxylic acids is 1. The number of aldehydes is 1. The quantitative estimate of drug-likeness (QED) is 0.347. The minimum absolute atomic E-state index is 0.548. The SMILES string of the molecule is CSc1ccc(/C=C(\C=O)N(C)C=S)cc1. The third kappa shape index (κ3) is 3.47. The van der Waals surface area contributed by atoms with E-state index in [1.165, 1.54) is 10.4 Å². The zero-order valence-corrected chi connectivity index (χ0v) is 10.8. The molecule has 1 aromatic carbocycles. The van der Waals surface area contributed by atoms with E-state index in [9.17, 15) is 4.79 Å². The van der Waals surface area contributed by atoms with E-state index in [2.05, 4.69) is 0 Å². The minimum Gasteiger partial charge on any atom is -0.339 e. The Hall–Kier alpha value is -1.13. The molecule has 0 aliphatic rings. The Kier molecular flexibility index (Phi) is 5.22. The van der Waals surface area contributed by atoms with Gasteiger partial charge in [-0.25, -0.2) is 0 Å². The van der Waals surface area contributed by atoms with Crippen molar-refractivity contribution in [1.82, 2.24) is 4.90 Å². The summed E-state index contributed by atoms with van der Waals surface area (Å²) in [5, 5.41) is 0. The van der Waals surface area contributed by atoms with Gasteiger partial charge in [-0.2, -0.15) is 0 Å². The maximum Gasteiger partial charge on any atom is 0.166 e. The second-order valence-electron chi connectivity index (χ2n) is 3.18. The van der Waals surface area contributed by atoms with Crippen molar-refractivity contribution in [3.63, 3.8) is 0 Å². The van der Waals surface area contributed by atoms with Gasteiger partial charge in [-0.1, -0.05) is 24.4 Å². The fourth-order valence-corrected chi connectivity index (χ4v) is 1.68. The molecule has 0 atom stereocenters. The highest BCUT2D eigenvalue weighted by Crippen LogP contribution is 2.16. The first-order chi connectivity index (χ1) is 7.71. The lowest BCUT2D eigenvalue weighted by Gasteiger charge is -2.11. The third-order valence-corrected chi connectivity index (χ3v) is 3.18. The number of rotatable bonds is 5. The van der Waals surface area contributed by atoms with E-state index in [0.717, 1.165) is 11.8 Å². The monoisotopic (exact) mass is 251 g/mol. The van der Waals surface area contributed by atoms with Crippen LogP contribution in [0.5, 0.6) is 0 Å². The summed E-state index contributed by atoms with van der Waals surface area (Å²) in [4.78, 5) is 13.7. The van der Waals surface area contributed by atoms with Crippen molar-refractivity contribution in [1.29, 1.82) is 0 Å². The molecule has 0 saturated carbocycles. The van der Waals surface area contributed by atoms with Crippen molar-refractivity contribution in [3.05, 3.63) is 35.5 Å². The molecule has 84 valence electrons. The lowest BCUT2D eigenvalue weighted by Crippen LogP contribution is -2.14. The van der Waals surface area contributed by atoms with Crippen molar-refractivity contribution < 1.29 is 4.79 Å². The third-order valence-electron chi connectivity index (χ3n) is 2.12. The minimum atomic E-state index is 0.548. The molecule has 0 radical (unpaired) electrons. The number of nitrogens with zero attached hydrogens (tertiary/aromatic N) is 1. The number of hydrogen-bond donors (Lipinski definition) is 0. The fraction of sp³-hybridized carbons (Fsp3) is 0.167. The van der Waals surface area contributed by atoms with Gasteiger partial charge in [0.05, 0.1) is 11.2 Å². The highest BCUT2D eigenvalue weighted by atomic mass is 32.2. The summed E-state index contributed by atoms with van der Waals surface area (Å²) in [7, 11) is 1.75. The lowest BCUT2D eigenvalue weighted by atomic mass is 10.2. The normalized spacial score (nSPS) is 11.0. The van der Waals surface area contributed by atoms with Gasteiger partial charge in [-0.3, -0.25) is 4.79 Å². The zero-order chi connectivity index (χ0) is 12.0. The standard InChI is InChI=1S/C12H13NOS2/c1-13(9-15)11(8-14)7-10-3-5-12(16-2)6-4-10/h3-9H,1-2H3/b11-7+. The zero-order valence-electron chi connectivity index (χ0n) is 9.21. The molecular weight excluding hydrogens is 238 g/mol. The van der Waals surface area contributed by atoms with Gasteiger partial charge in [0.15, 0.2) is 6.29 Å². The molecule has 0 fully saturated rings. The van der Waals surface area contributed by atoms with Crippen LogP contribution in [-0.2, 0) is 4.79 Å². The number of thiocarbonyl (C=S) groups is 1. The summed E-state index contributed by atoms with van der Waals surface area (Å²) in [5.74, 6) is 0. The number of thioether (sulfide) groups is 1. The Morgan fingerprint density at radius 2 is 2.00 bits per heavy atom. The average Bonchev–Trinajstić information content (AvgIpc) is 2.35. The van der Waals surface area contributed by atoms with Crippen LogP contribution in [0.4, 0.5) is 0 Å². The maximum atomic E-state index is 10.9. The van der Waals surface area contributed by atoms with E-state index in [1.54, 1.807) is 29.8 Å². The number of hydrogen-bond acceptors (Lipinski definition) is 3. The van der Waals surface area contributed by atoms with Crippen LogP contribution < -0.4 is 0 Å². The number of likely N-dealkylation sites (N-methyl/N-ethyl adjacent to an activating group) is 1. The van der Waals surface area contributed by atoms with Gasteiger partial charge in [0.1, 0.15) is 0 Å². The molecule has 0 unspecified atom stereocenters. The maximum absolute atomic E-state index is 10.9. The van der Waals surface area contributed by atoms with Gasteiger partial charge in [0.25, 0.3) is 0 Å². The predicted octanol–water partition coefficient (Wildman–Crippen LogP) is 2.84. The summed E-state index contributed by atoms with van der Waals surface area (Å²) in [5.41, 5.74) is 2.98. The topological polar surface area (TPSA) is 20.3 Å². The second kappa shape index (κ2) is 6.45. The van der Waals surface area contributed by atoms with Crippen LogP contribution in [0.15, 0.2) is 34.9 Å². The van der Waals surface area contributed by atoms with Gasteiger partial charge in [0.2, 0.25) is 0 Å². The van der Waals surface area contributed by atoms with Crippen LogP contribution in [0.1, 0.15) is 5.56 Å².